The molecule has 3 aromatic carbocycles. The number of carboxylic acids is 1. The van der Waals surface area contributed by atoms with Crippen LogP contribution in [0.4, 0.5) is 0 Å². The Hall–Kier alpha value is -2.92. The van der Waals surface area contributed by atoms with Gasteiger partial charge in [0.1, 0.15) is 5.75 Å². The first-order valence-corrected chi connectivity index (χ1v) is 14.0. The van der Waals surface area contributed by atoms with E-state index in [0.717, 1.165) is 15.6 Å². The molecule has 1 amide bonds. The van der Waals surface area contributed by atoms with Gasteiger partial charge in [0.15, 0.2) is 0 Å². The number of carbonyl (C=O) groups excluding carboxylic acids is 1. The number of amides is 1. The Morgan fingerprint density at radius 1 is 0.946 bits per heavy atom. The van der Waals surface area contributed by atoms with Crippen LogP contribution >= 0.6 is 27.5 Å². The lowest BCUT2D eigenvalue weighted by molar-refractivity contribution is -0.157. The molecule has 1 unspecified atom stereocenters. The summed E-state index contributed by atoms with van der Waals surface area (Å²) in [5, 5.41) is 13.2. The first-order valence-electron chi connectivity index (χ1n) is 11.3. The summed E-state index contributed by atoms with van der Waals surface area (Å²) in [4.78, 5) is 23.5. The van der Waals surface area contributed by atoms with E-state index in [1.54, 1.807) is 12.1 Å². The third kappa shape index (κ3) is 8.03. The zero-order chi connectivity index (χ0) is 27.1. The number of rotatable bonds is 12. The van der Waals surface area contributed by atoms with E-state index in [0.29, 0.717) is 18.0 Å². The number of ether oxygens (including phenoxy) is 1. The van der Waals surface area contributed by atoms with Crippen molar-refractivity contribution in [3.63, 3.8) is 0 Å². The molecule has 0 heterocycles. The highest BCUT2D eigenvalue weighted by atomic mass is 79.9. The number of carbonyl (C=O) groups is 2. The van der Waals surface area contributed by atoms with Crippen LogP contribution in [0, 0.1) is 0 Å². The van der Waals surface area contributed by atoms with E-state index in [2.05, 4.69) is 26.0 Å². The molecule has 3 rings (SSSR count). The number of sulfonamides is 1. The molecule has 0 saturated carbocycles. The summed E-state index contributed by atoms with van der Waals surface area (Å²) < 4.78 is 35.6. The smallest absolute Gasteiger partial charge is 0.364 e. The molecule has 0 aromatic heterocycles. The number of nitrogens with one attached hydrogen (secondary N) is 2. The fraction of sp³-hybridized carbons (Fsp3) is 0.231. The van der Waals surface area contributed by atoms with Crippen molar-refractivity contribution < 1.29 is 27.9 Å². The molecule has 0 saturated heterocycles. The van der Waals surface area contributed by atoms with E-state index in [9.17, 15) is 23.1 Å². The standard InChI is InChI=1S/C26H26BrClN2O6S/c1-18(31)29-17-3-2-16-26(25(32)33,36-23-12-10-22(28)11-13-23)30-37(34,35)24-14-6-20(7-15-24)19-4-8-21(27)9-5-19/h4-15,30H,2-3,16-17H2,1H3,(H,29,31)(H,32,33). The quantitative estimate of drug-likeness (QED) is 0.191. The molecule has 0 aliphatic heterocycles. The monoisotopic (exact) mass is 608 g/mol. The maximum absolute atomic E-state index is 13.3. The van der Waals surface area contributed by atoms with Crippen LogP contribution in [0.15, 0.2) is 82.2 Å². The van der Waals surface area contributed by atoms with Gasteiger partial charge in [0.25, 0.3) is 5.72 Å². The van der Waals surface area contributed by atoms with E-state index < -0.39 is 21.7 Å². The summed E-state index contributed by atoms with van der Waals surface area (Å²) in [5.41, 5.74) is -0.607. The van der Waals surface area contributed by atoms with Crippen LogP contribution < -0.4 is 14.8 Å². The predicted molar refractivity (Wildman–Crippen MR) is 145 cm³/mol. The molecule has 3 N–H and O–H groups in total. The van der Waals surface area contributed by atoms with Gasteiger partial charge in [0.2, 0.25) is 15.9 Å². The number of benzene rings is 3. The summed E-state index contributed by atoms with van der Waals surface area (Å²) in [6, 6.07) is 19.6. The van der Waals surface area contributed by atoms with Crippen LogP contribution in [0.3, 0.4) is 0 Å². The minimum atomic E-state index is -4.31. The van der Waals surface area contributed by atoms with Crippen LogP contribution in [0.2, 0.25) is 5.02 Å². The zero-order valence-electron chi connectivity index (χ0n) is 19.9. The van der Waals surface area contributed by atoms with Crippen molar-refractivity contribution in [1.29, 1.82) is 0 Å². The second kappa shape index (κ2) is 12.6. The average molecular weight is 610 g/mol. The van der Waals surface area contributed by atoms with Gasteiger partial charge in [-0.3, -0.25) is 4.79 Å². The first kappa shape index (κ1) is 28.6. The number of hydrogen-bond donors (Lipinski definition) is 3. The third-order valence-electron chi connectivity index (χ3n) is 5.42. The van der Waals surface area contributed by atoms with Crippen molar-refractivity contribution in [3.05, 3.63) is 82.3 Å². The van der Waals surface area contributed by atoms with Crippen molar-refractivity contribution in [2.45, 2.75) is 36.8 Å². The van der Waals surface area contributed by atoms with E-state index in [1.165, 1.54) is 43.3 Å². The molecule has 0 fully saturated rings. The van der Waals surface area contributed by atoms with Crippen molar-refractivity contribution in [2.24, 2.45) is 0 Å². The Labute approximate surface area is 229 Å². The summed E-state index contributed by atoms with van der Waals surface area (Å²) in [7, 11) is -4.31. The Morgan fingerprint density at radius 2 is 1.51 bits per heavy atom. The predicted octanol–water partition coefficient (Wildman–Crippen LogP) is 5.21. The van der Waals surface area contributed by atoms with Crippen LogP contribution in [0.5, 0.6) is 5.75 Å². The molecule has 0 radical (unpaired) electrons. The second-order valence-corrected chi connectivity index (χ2v) is 11.3. The van der Waals surface area contributed by atoms with Gasteiger partial charge < -0.3 is 15.2 Å². The van der Waals surface area contributed by atoms with E-state index in [4.69, 9.17) is 16.3 Å². The average Bonchev–Trinajstić information content (AvgIpc) is 2.85. The van der Waals surface area contributed by atoms with Crippen molar-refractivity contribution in [1.82, 2.24) is 10.0 Å². The molecule has 0 spiro atoms. The minimum absolute atomic E-state index is 0.114. The van der Waals surface area contributed by atoms with Gasteiger partial charge in [-0.1, -0.05) is 51.8 Å². The Bertz CT molecular complexity index is 1330. The topological polar surface area (TPSA) is 122 Å². The van der Waals surface area contributed by atoms with E-state index >= 15 is 0 Å². The summed E-state index contributed by atoms with van der Waals surface area (Å²) >= 11 is 9.30. The van der Waals surface area contributed by atoms with Gasteiger partial charge in [-0.15, -0.1) is 0 Å². The molecule has 0 aliphatic carbocycles. The molecule has 3 aromatic rings. The van der Waals surface area contributed by atoms with Crippen LogP contribution in [-0.2, 0) is 19.6 Å². The lowest BCUT2D eigenvalue weighted by atomic mass is 10.1. The molecule has 1 atom stereocenters. The Kier molecular flexibility index (Phi) is 9.72. The van der Waals surface area contributed by atoms with Crippen LogP contribution in [0.25, 0.3) is 11.1 Å². The second-order valence-electron chi connectivity index (χ2n) is 8.26. The lowest BCUT2D eigenvalue weighted by Gasteiger charge is -2.31. The molecule has 0 aliphatic rings. The number of hydrogen-bond acceptors (Lipinski definition) is 5. The molecule has 37 heavy (non-hydrogen) atoms. The van der Waals surface area contributed by atoms with Gasteiger partial charge in [0, 0.05) is 29.4 Å². The molecule has 196 valence electrons. The summed E-state index contributed by atoms with van der Waals surface area (Å²) in [6.07, 6.45) is 0.480. The Morgan fingerprint density at radius 3 is 2.05 bits per heavy atom. The molecular formula is C26H26BrClN2O6S. The van der Waals surface area contributed by atoms with Gasteiger partial charge in [-0.05, 0) is 72.5 Å². The van der Waals surface area contributed by atoms with Crippen molar-refractivity contribution >= 4 is 49.4 Å². The van der Waals surface area contributed by atoms with Gasteiger partial charge in [0.05, 0.1) is 4.90 Å². The van der Waals surface area contributed by atoms with E-state index in [-0.39, 0.29) is 29.4 Å². The number of unbranched alkanes of at least 4 members (excludes halogenated alkanes) is 1. The minimum Gasteiger partial charge on any atom is -0.477 e. The highest BCUT2D eigenvalue weighted by molar-refractivity contribution is 9.10. The largest absolute Gasteiger partial charge is 0.477 e. The summed E-state index contributed by atoms with van der Waals surface area (Å²) in [5.74, 6) is -1.59. The van der Waals surface area contributed by atoms with Crippen molar-refractivity contribution in [2.75, 3.05) is 6.54 Å². The number of carboxylic acid groups (broad SMARTS) is 1. The maximum Gasteiger partial charge on any atom is 0.364 e. The van der Waals surface area contributed by atoms with Gasteiger partial charge in [-0.25, -0.2) is 13.2 Å². The fourth-order valence-electron chi connectivity index (χ4n) is 3.53. The zero-order valence-corrected chi connectivity index (χ0v) is 23.1. The fourth-order valence-corrected chi connectivity index (χ4v) is 5.20. The third-order valence-corrected chi connectivity index (χ3v) is 7.69. The van der Waals surface area contributed by atoms with Gasteiger partial charge in [-0.2, -0.15) is 4.72 Å². The van der Waals surface area contributed by atoms with Gasteiger partial charge >= 0.3 is 5.97 Å². The molecule has 0 bridgehead atoms. The first-order chi connectivity index (χ1) is 17.5. The SMILES string of the molecule is CC(=O)NCCCCC(NS(=O)(=O)c1ccc(-c2ccc(Br)cc2)cc1)(Oc1ccc(Cl)cc1)C(=O)O. The normalized spacial score (nSPS) is 12.9. The highest BCUT2D eigenvalue weighted by Crippen LogP contribution is 2.27. The number of halogens is 2. The number of aliphatic carboxylic acids is 1. The Balaban J connectivity index is 1.88. The maximum atomic E-state index is 13.3. The molecular weight excluding hydrogens is 584 g/mol. The summed E-state index contributed by atoms with van der Waals surface area (Å²) in [6.45, 7) is 1.69. The molecule has 8 nitrogen and oxygen atoms in total. The van der Waals surface area contributed by atoms with E-state index in [1.807, 2.05) is 24.3 Å². The molecule has 11 heteroatoms. The highest BCUT2D eigenvalue weighted by Gasteiger charge is 2.45. The van der Waals surface area contributed by atoms with Crippen LogP contribution in [-0.4, -0.2) is 37.7 Å². The van der Waals surface area contributed by atoms with Crippen LogP contribution in [0.1, 0.15) is 26.2 Å². The lowest BCUT2D eigenvalue weighted by Crippen LogP contribution is -2.58. The van der Waals surface area contributed by atoms with Crippen molar-refractivity contribution in [3.8, 4) is 16.9 Å².